The molecule has 0 amide bonds. The minimum atomic E-state index is -3.19. The van der Waals surface area contributed by atoms with E-state index in [1.807, 2.05) is 5.38 Å². The van der Waals surface area contributed by atoms with Gasteiger partial charge in [0.2, 0.25) is 10.0 Å². The number of nitrogens with one attached hydrogen (secondary N) is 1. The van der Waals surface area contributed by atoms with E-state index in [0.29, 0.717) is 13.0 Å². The van der Waals surface area contributed by atoms with E-state index in [4.69, 9.17) is 11.6 Å². The van der Waals surface area contributed by atoms with Gasteiger partial charge in [0.05, 0.1) is 17.0 Å². The lowest BCUT2D eigenvalue weighted by Crippen LogP contribution is -2.28. The van der Waals surface area contributed by atoms with Crippen LogP contribution < -0.4 is 4.72 Å². The Balaban J connectivity index is 2.28. The number of rotatable bonds is 6. The molecule has 0 aromatic carbocycles. The smallest absolute Gasteiger partial charge is 0.212 e. The third-order valence-electron chi connectivity index (χ3n) is 1.53. The summed E-state index contributed by atoms with van der Waals surface area (Å²) in [5.41, 5.74) is 2.63. The van der Waals surface area contributed by atoms with Gasteiger partial charge in [-0.3, -0.25) is 0 Å². The van der Waals surface area contributed by atoms with E-state index >= 15 is 0 Å². The molecule has 0 aliphatic heterocycles. The second-order valence-corrected chi connectivity index (χ2v) is 5.66. The lowest BCUT2D eigenvalue weighted by molar-refractivity contribution is 0.583. The molecule has 1 aromatic rings. The van der Waals surface area contributed by atoms with Crippen molar-refractivity contribution in [3.05, 3.63) is 16.6 Å². The number of halogens is 1. The van der Waals surface area contributed by atoms with Crippen molar-refractivity contribution in [1.29, 1.82) is 0 Å². The van der Waals surface area contributed by atoms with Gasteiger partial charge in [0.15, 0.2) is 0 Å². The van der Waals surface area contributed by atoms with Gasteiger partial charge in [-0.25, -0.2) is 18.1 Å². The van der Waals surface area contributed by atoms with Gasteiger partial charge in [-0.05, 0) is 0 Å². The minimum absolute atomic E-state index is 0.0361. The number of alkyl halides is 1. The van der Waals surface area contributed by atoms with E-state index in [0.717, 1.165) is 5.69 Å². The van der Waals surface area contributed by atoms with Crippen molar-refractivity contribution >= 4 is 33.0 Å². The summed E-state index contributed by atoms with van der Waals surface area (Å²) in [7, 11) is -3.19. The van der Waals surface area contributed by atoms with Gasteiger partial charge >= 0.3 is 0 Å². The molecule has 4 nitrogen and oxygen atoms in total. The van der Waals surface area contributed by atoms with Crippen LogP contribution in [-0.4, -0.2) is 31.6 Å². The molecule has 0 fully saturated rings. The average molecular weight is 255 g/mol. The molecule has 1 N–H and O–H groups in total. The zero-order valence-corrected chi connectivity index (χ0v) is 9.83. The molecule has 1 rings (SSSR count). The van der Waals surface area contributed by atoms with E-state index in [1.165, 1.54) is 11.3 Å². The number of hydrogen-bond donors (Lipinski definition) is 1. The van der Waals surface area contributed by atoms with Crippen LogP contribution in [0, 0.1) is 0 Å². The van der Waals surface area contributed by atoms with Crippen LogP contribution in [0.5, 0.6) is 0 Å². The zero-order chi connectivity index (χ0) is 10.4. The molecule has 0 aliphatic rings. The van der Waals surface area contributed by atoms with E-state index in [-0.39, 0.29) is 11.6 Å². The van der Waals surface area contributed by atoms with Crippen LogP contribution in [-0.2, 0) is 16.4 Å². The van der Waals surface area contributed by atoms with Crippen molar-refractivity contribution < 1.29 is 8.42 Å². The molecule has 1 heterocycles. The van der Waals surface area contributed by atoms with Gasteiger partial charge in [-0.1, -0.05) is 0 Å². The van der Waals surface area contributed by atoms with Gasteiger partial charge in [0.1, 0.15) is 0 Å². The quantitative estimate of drug-likeness (QED) is 0.766. The summed E-state index contributed by atoms with van der Waals surface area (Å²) < 4.78 is 24.7. The third kappa shape index (κ3) is 4.36. The number of sulfonamides is 1. The first-order chi connectivity index (χ1) is 6.64. The zero-order valence-electron chi connectivity index (χ0n) is 7.44. The summed E-state index contributed by atoms with van der Waals surface area (Å²) >= 11 is 6.83. The van der Waals surface area contributed by atoms with Crippen molar-refractivity contribution in [2.75, 3.05) is 18.2 Å². The molecular formula is C7H11ClN2O2S2. The first kappa shape index (κ1) is 11.9. The lowest BCUT2D eigenvalue weighted by Gasteiger charge is -2.02. The molecule has 0 radical (unpaired) electrons. The van der Waals surface area contributed by atoms with Gasteiger partial charge in [0.25, 0.3) is 0 Å². The summed E-state index contributed by atoms with van der Waals surface area (Å²) in [6.07, 6.45) is 0.616. The standard InChI is InChI=1S/C7H11ClN2O2S2/c8-2-4-14(11,12)10-3-1-7-5-13-6-9-7/h5-6,10H,1-4H2. The SMILES string of the molecule is O=S(=O)(CCCl)NCCc1cscn1. The Morgan fingerprint density at radius 1 is 1.57 bits per heavy atom. The van der Waals surface area contributed by atoms with Gasteiger partial charge in [-0.2, -0.15) is 0 Å². The average Bonchev–Trinajstić information content (AvgIpc) is 2.56. The molecular weight excluding hydrogens is 244 g/mol. The Morgan fingerprint density at radius 3 is 2.93 bits per heavy atom. The summed E-state index contributed by atoms with van der Waals surface area (Å²) in [6, 6.07) is 0. The van der Waals surface area contributed by atoms with Crippen molar-refractivity contribution in [3.63, 3.8) is 0 Å². The topological polar surface area (TPSA) is 59.1 Å². The van der Waals surface area contributed by atoms with Crippen molar-refractivity contribution in [3.8, 4) is 0 Å². The Bertz CT molecular complexity index is 350. The summed E-state index contributed by atoms with van der Waals surface area (Å²) in [4.78, 5) is 4.04. The first-order valence-electron chi connectivity index (χ1n) is 4.04. The van der Waals surface area contributed by atoms with Crippen molar-refractivity contribution in [1.82, 2.24) is 9.71 Å². The molecule has 0 atom stereocenters. The fraction of sp³-hybridized carbons (Fsp3) is 0.571. The molecule has 0 aliphatic carbocycles. The lowest BCUT2D eigenvalue weighted by atomic mass is 10.3. The molecule has 1 aromatic heterocycles. The van der Waals surface area contributed by atoms with Gasteiger partial charge in [-0.15, -0.1) is 22.9 Å². The molecule has 0 bridgehead atoms. The maximum Gasteiger partial charge on any atom is 0.212 e. The fourth-order valence-corrected chi connectivity index (χ4v) is 2.83. The monoisotopic (exact) mass is 254 g/mol. The maximum atomic E-state index is 11.1. The fourth-order valence-electron chi connectivity index (χ4n) is 0.869. The van der Waals surface area contributed by atoms with Crippen LogP contribution in [0.2, 0.25) is 0 Å². The molecule has 0 unspecified atom stereocenters. The van der Waals surface area contributed by atoms with Crippen molar-refractivity contribution in [2.24, 2.45) is 0 Å². The highest BCUT2D eigenvalue weighted by molar-refractivity contribution is 7.89. The predicted molar refractivity (Wildman–Crippen MR) is 58.3 cm³/mol. The molecule has 7 heteroatoms. The Morgan fingerprint density at radius 2 is 2.36 bits per heavy atom. The van der Waals surface area contributed by atoms with Crippen molar-refractivity contribution in [2.45, 2.75) is 6.42 Å². The molecule has 14 heavy (non-hydrogen) atoms. The molecule has 0 spiro atoms. The Hall–Kier alpha value is -0.170. The van der Waals surface area contributed by atoms with Gasteiger partial charge in [0, 0.05) is 24.2 Å². The largest absolute Gasteiger partial charge is 0.250 e. The van der Waals surface area contributed by atoms with Crippen LogP contribution >= 0.6 is 22.9 Å². The maximum absolute atomic E-state index is 11.1. The van der Waals surface area contributed by atoms with E-state index in [1.54, 1.807) is 5.51 Å². The Labute approximate surface area is 92.4 Å². The minimum Gasteiger partial charge on any atom is -0.250 e. The highest BCUT2D eigenvalue weighted by Gasteiger charge is 2.07. The number of hydrogen-bond acceptors (Lipinski definition) is 4. The van der Waals surface area contributed by atoms with E-state index < -0.39 is 10.0 Å². The summed E-state index contributed by atoms with van der Waals surface area (Å²) in [6.45, 7) is 0.378. The molecule has 0 saturated carbocycles. The van der Waals surface area contributed by atoms with Crippen LogP contribution in [0.15, 0.2) is 10.9 Å². The van der Waals surface area contributed by atoms with Crippen LogP contribution in [0.3, 0.4) is 0 Å². The number of nitrogens with zero attached hydrogens (tertiary/aromatic N) is 1. The van der Waals surface area contributed by atoms with Crippen LogP contribution in [0.1, 0.15) is 5.69 Å². The van der Waals surface area contributed by atoms with E-state index in [2.05, 4.69) is 9.71 Å². The first-order valence-corrected chi connectivity index (χ1v) is 7.17. The van der Waals surface area contributed by atoms with E-state index in [9.17, 15) is 8.42 Å². The molecule has 0 saturated heterocycles. The van der Waals surface area contributed by atoms with Crippen LogP contribution in [0.4, 0.5) is 0 Å². The summed E-state index contributed by atoms with van der Waals surface area (Å²) in [5.74, 6) is 0.0810. The second-order valence-electron chi connectivity index (χ2n) is 2.63. The highest BCUT2D eigenvalue weighted by Crippen LogP contribution is 2.00. The number of thiazole rings is 1. The van der Waals surface area contributed by atoms with Crippen LogP contribution in [0.25, 0.3) is 0 Å². The second kappa shape index (κ2) is 5.65. The third-order valence-corrected chi connectivity index (χ3v) is 3.97. The Kier molecular flexibility index (Phi) is 4.80. The summed E-state index contributed by atoms with van der Waals surface area (Å²) in [5, 5.41) is 1.90. The number of aromatic nitrogens is 1. The predicted octanol–water partition coefficient (Wildman–Crippen LogP) is 0.844. The highest BCUT2D eigenvalue weighted by atomic mass is 35.5. The van der Waals surface area contributed by atoms with Gasteiger partial charge < -0.3 is 0 Å². The molecule has 80 valence electrons. The normalized spacial score (nSPS) is 11.8.